The SMILES string of the molecule is C[C@@H]1Cc2n[nH]c(C(=O)O)c2CN1C(=O)c1ccc(Cl)c(Cl)c1. The van der Waals surface area contributed by atoms with Gasteiger partial charge in [0.2, 0.25) is 0 Å². The van der Waals surface area contributed by atoms with Crippen molar-refractivity contribution >= 4 is 35.1 Å². The van der Waals surface area contributed by atoms with E-state index in [-0.39, 0.29) is 24.2 Å². The van der Waals surface area contributed by atoms with Crippen molar-refractivity contribution in [2.45, 2.75) is 25.9 Å². The van der Waals surface area contributed by atoms with Gasteiger partial charge in [-0.2, -0.15) is 5.10 Å². The van der Waals surface area contributed by atoms with Crippen LogP contribution in [0, 0.1) is 0 Å². The number of amides is 1. The van der Waals surface area contributed by atoms with Gasteiger partial charge in [0.1, 0.15) is 5.69 Å². The zero-order valence-corrected chi connectivity index (χ0v) is 13.6. The van der Waals surface area contributed by atoms with Crippen LogP contribution in [0.25, 0.3) is 0 Å². The Hall–Kier alpha value is -2.05. The van der Waals surface area contributed by atoms with Gasteiger partial charge in [-0.25, -0.2) is 4.79 Å². The van der Waals surface area contributed by atoms with Crippen LogP contribution >= 0.6 is 23.2 Å². The predicted octanol–water partition coefficient (Wildman–Crippen LogP) is 3.00. The molecule has 1 aliphatic rings. The molecule has 8 heteroatoms. The maximum atomic E-state index is 12.7. The second-order valence-electron chi connectivity index (χ2n) is 5.44. The van der Waals surface area contributed by atoms with E-state index in [1.54, 1.807) is 17.0 Å². The number of carbonyl (C=O) groups is 2. The molecule has 0 saturated carbocycles. The summed E-state index contributed by atoms with van der Waals surface area (Å²) in [5.41, 5.74) is 1.67. The molecule has 0 radical (unpaired) electrons. The number of rotatable bonds is 2. The van der Waals surface area contributed by atoms with E-state index in [0.717, 1.165) is 0 Å². The number of aromatic nitrogens is 2. The minimum absolute atomic E-state index is 0.0267. The zero-order chi connectivity index (χ0) is 16.7. The molecule has 2 heterocycles. The Kier molecular flexibility index (Phi) is 4.04. The molecular formula is C15H13Cl2N3O3. The lowest BCUT2D eigenvalue weighted by Crippen LogP contribution is -2.42. The lowest BCUT2D eigenvalue weighted by Gasteiger charge is -2.33. The fourth-order valence-corrected chi connectivity index (χ4v) is 3.00. The Balaban J connectivity index is 1.93. The number of benzene rings is 1. The summed E-state index contributed by atoms with van der Waals surface area (Å²) in [4.78, 5) is 25.6. The number of aromatic carboxylic acids is 1. The van der Waals surface area contributed by atoms with E-state index < -0.39 is 5.97 Å². The van der Waals surface area contributed by atoms with Gasteiger partial charge >= 0.3 is 5.97 Å². The Labute approximate surface area is 142 Å². The first kappa shape index (κ1) is 15.8. The number of fused-ring (bicyclic) bond motifs is 1. The summed E-state index contributed by atoms with van der Waals surface area (Å²) >= 11 is 11.8. The summed E-state index contributed by atoms with van der Waals surface area (Å²) in [7, 11) is 0. The highest BCUT2D eigenvalue weighted by Crippen LogP contribution is 2.28. The van der Waals surface area contributed by atoms with Crippen molar-refractivity contribution in [1.29, 1.82) is 0 Å². The van der Waals surface area contributed by atoms with Gasteiger partial charge in [-0.05, 0) is 25.1 Å². The molecule has 1 aliphatic heterocycles. The van der Waals surface area contributed by atoms with Gasteiger partial charge < -0.3 is 10.0 Å². The molecule has 0 saturated heterocycles. The number of carboxylic acids is 1. The van der Waals surface area contributed by atoms with Gasteiger partial charge in [0.15, 0.2) is 0 Å². The second-order valence-corrected chi connectivity index (χ2v) is 6.26. The van der Waals surface area contributed by atoms with Crippen LogP contribution in [-0.4, -0.2) is 38.1 Å². The van der Waals surface area contributed by atoms with Crippen molar-refractivity contribution in [3.8, 4) is 0 Å². The molecule has 1 aromatic carbocycles. The number of hydrogen-bond donors (Lipinski definition) is 2. The molecule has 0 bridgehead atoms. The summed E-state index contributed by atoms with van der Waals surface area (Å²) in [6.07, 6.45) is 0.492. The average Bonchev–Trinajstić information content (AvgIpc) is 2.91. The van der Waals surface area contributed by atoms with Crippen LogP contribution < -0.4 is 0 Å². The second kappa shape index (κ2) is 5.86. The average molecular weight is 354 g/mol. The summed E-state index contributed by atoms with van der Waals surface area (Å²) in [5, 5.41) is 16.4. The van der Waals surface area contributed by atoms with Crippen LogP contribution in [0.3, 0.4) is 0 Å². The zero-order valence-electron chi connectivity index (χ0n) is 12.1. The summed E-state index contributed by atoms with van der Waals surface area (Å²) in [6.45, 7) is 2.08. The smallest absolute Gasteiger partial charge is 0.354 e. The topological polar surface area (TPSA) is 86.3 Å². The van der Waals surface area contributed by atoms with E-state index >= 15 is 0 Å². The van der Waals surface area contributed by atoms with Gasteiger partial charge in [-0.15, -0.1) is 0 Å². The largest absolute Gasteiger partial charge is 0.477 e. The van der Waals surface area contributed by atoms with Crippen molar-refractivity contribution in [1.82, 2.24) is 15.1 Å². The van der Waals surface area contributed by atoms with E-state index in [1.807, 2.05) is 6.92 Å². The molecule has 2 aromatic rings. The van der Waals surface area contributed by atoms with Crippen molar-refractivity contribution < 1.29 is 14.7 Å². The first-order valence-corrected chi connectivity index (χ1v) is 7.69. The molecule has 3 rings (SSSR count). The van der Waals surface area contributed by atoms with E-state index in [0.29, 0.717) is 33.3 Å². The lowest BCUT2D eigenvalue weighted by molar-refractivity contribution is 0.0636. The fourth-order valence-electron chi connectivity index (χ4n) is 2.70. The van der Waals surface area contributed by atoms with E-state index in [9.17, 15) is 14.7 Å². The number of nitrogens with zero attached hydrogens (tertiary/aromatic N) is 2. The summed E-state index contributed by atoms with van der Waals surface area (Å²) in [5.74, 6) is -1.31. The molecule has 1 amide bonds. The molecule has 0 unspecified atom stereocenters. The third-order valence-corrected chi connectivity index (χ3v) is 4.68. The first-order chi connectivity index (χ1) is 10.9. The molecule has 0 aliphatic carbocycles. The molecule has 1 aromatic heterocycles. The van der Waals surface area contributed by atoms with Crippen molar-refractivity contribution in [2.75, 3.05) is 0 Å². The van der Waals surface area contributed by atoms with Gasteiger partial charge in [0.25, 0.3) is 5.91 Å². The van der Waals surface area contributed by atoms with E-state index in [1.165, 1.54) is 6.07 Å². The summed E-state index contributed by atoms with van der Waals surface area (Å²) in [6, 6.07) is 4.58. The first-order valence-electron chi connectivity index (χ1n) is 6.94. The Morgan fingerprint density at radius 1 is 1.35 bits per heavy atom. The standard InChI is InChI=1S/C15H13Cl2N3O3/c1-7-4-12-9(13(15(22)23)19-18-12)6-20(7)14(21)8-2-3-10(16)11(17)5-8/h2-3,5,7H,4,6H2,1H3,(H,18,19)(H,22,23)/t7-/m1/s1. The molecule has 1 atom stereocenters. The summed E-state index contributed by atoms with van der Waals surface area (Å²) < 4.78 is 0. The third-order valence-electron chi connectivity index (χ3n) is 3.94. The van der Waals surface area contributed by atoms with Crippen LogP contribution in [-0.2, 0) is 13.0 Å². The Morgan fingerprint density at radius 2 is 2.09 bits per heavy atom. The number of halogens is 2. The molecule has 0 fully saturated rings. The lowest BCUT2D eigenvalue weighted by atomic mass is 9.98. The molecule has 0 spiro atoms. The van der Waals surface area contributed by atoms with E-state index in [2.05, 4.69) is 10.2 Å². The van der Waals surface area contributed by atoms with Crippen LogP contribution in [0.15, 0.2) is 18.2 Å². The van der Waals surface area contributed by atoms with Gasteiger partial charge in [-0.3, -0.25) is 9.89 Å². The van der Waals surface area contributed by atoms with Crippen molar-refractivity contribution in [3.63, 3.8) is 0 Å². The maximum absolute atomic E-state index is 12.7. The maximum Gasteiger partial charge on any atom is 0.354 e. The van der Waals surface area contributed by atoms with Crippen LogP contribution in [0.2, 0.25) is 10.0 Å². The molecule has 6 nitrogen and oxygen atoms in total. The number of H-pyrrole nitrogens is 1. The number of aromatic amines is 1. The number of carboxylic acid groups (broad SMARTS) is 1. The minimum atomic E-state index is -1.09. The predicted molar refractivity (Wildman–Crippen MR) is 85.0 cm³/mol. The van der Waals surface area contributed by atoms with Crippen LogP contribution in [0.5, 0.6) is 0 Å². The number of hydrogen-bond acceptors (Lipinski definition) is 3. The van der Waals surface area contributed by atoms with Gasteiger partial charge in [0.05, 0.1) is 22.3 Å². The molecule has 23 heavy (non-hydrogen) atoms. The van der Waals surface area contributed by atoms with Gasteiger partial charge in [-0.1, -0.05) is 23.2 Å². The number of carbonyl (C=O) groups excluding carboxylic acids is 1. The highest BCUT2D eigenvalue weighted by molar-refractivity contribution is 6.42. The van der Waals surface area contributed by atoms with Crippen LogP contribution in [0.4, 0.5) is 0 Å². The van der Waals surface area contributed by atoms with Crippen molar-refractivity contribution in [2.24, 2.45) is 0 Å². The number of nitrogens with one attached hydrogen (secondary N) is 1. The van der Waals surface area contributed by atoms with Crippen LogP contribution in [0.1, 0.15) is 39.0 Å². The molecule has 120 valence electrons. The molecular weight excluding hydrogens is 341 g/mol. The highest BCUT2D eigenvalue weighted by atomic mass is 35.5. The third kappa shape index (κ3) is 2.80. The van der Waals surface area contributed by atoms with Gasteiger partial charge in [0, 0.05) is 23.6 Å². The molecule has 2 N–H and O–H groups in total. The fraction of sp³-hybridized carbons (Fsp3) is 0.267. The normalized spacial score (nSPS) is 17.0. The highest BCUT2D eigenvalue weighted by Gasteiger charge is 2.32. The minimum Gasteiger partial charge on any atom is -0.477 e. The van der Waals surface area contributed by atoms with E-state index in [4.69, 9.17) is 23.2 Å². The Morgan fingerprint density at radius 3 is 2.74 bits per heavy atom. The quantitative estimate of drug-likeness (QED) is 0.868. The monoisotopic (exact) mass is 353 g/mol. The van der Waals surface area contributed by atoms with Crippen molar-refractivity contribution in [3.05, 3.63) is 50.8 Å². The Bertz CT molecular complexity index is 803.